The molecule has 2 rings (SSSR count). The van der Waals surface area contributed by atoms with Crippen LogP contribution in [0.4, 0.5) is 10.5 Å². The van der Waals surface area contributed by atoms with E-state index in [2.05, 4.69) is 10.3 Å². The number of non-ortho nitro benzene ring substituents is 1. The maximum atomic E-state index is 11.0. The van der Waals surface area contributed by atoms with Crippen LogP contribution in [0, 0.1) is 10.1 Å². The van der Waals surface area contributed by atoms with Crippen molar-refractivity contribution >= 4 is 40.0 Å². The fraction of sp³-hybridized carbons (Fsp3) is 0.273. The molecule has 1 N–H and O–H groups in total. The number of hydrogen-bond donors (Lipinski definition) is 1. The number of amides is 1. The van der Waals surface area contributed by atoms with Gasteiger partial charge in [-0.2, -0.15) is 0 Å². The molecule has 0 saturated heterocycles. The Bertz CT molecular complexity index is 743. The topological polar surface area (TPSA) is 114 Å². The molecule has 1 amide bonds. The summed E-state index contributed by atoms with van der Waals surface area (Å²) in [6, 6.07) is 3.44. The standard InChI is InChI=1S/C11H11N5O4S/c1-6(14(2)11(17)18)10(21)15-9-5-7(16(19)20)3-4-8(9)12-13-15/h3-6H,1-2H3,(H,17,18). The van der Waals surface area contributed by atoms with E-state index in [0.717, 1.165) is 4.90 Å². The van der Waals surface area contributed by atoms with Crippen LogP contribution in [0.1, 0.15) is 6.92 Å². The minimum absolute atomic E-state index is 0.118. The number of thiocarbonyl (C=S) groups is 1. The molecule has 1 unspecified atom stereocenters. The zero-order valence-electron chi connectivity index (χ0n) is 11.1. The van der Waals surface area contributed by atoms with Crippen LogP contribution >= 0.6 is 12.2 Å². The molecule has 2 aromatic rings. The summed E-state index contributed by atoms with van der Waals surface area (Å²) >= 11 is 5.21. The molecule has 1 aromatic carbocycles. The molecule has 0 radical (unpaired) electrons. The van der Waals surface area contributed by atoms with Crippen LogP contribution in [0.3, 0.4) is 0 Å². The summed E-state index contributed by atoms with van der Waals surface area (Å²) in [4.78, 5) is 22.4. The van der Waals surface area contributed by atoms with Crippen LogP contribution in [0.25, 0.3) is 11.0 Å². The van der Waals surface area contributed by atoms with Crippen molar-refractivity contribution in [2.75, 3.05) is 7.05 Å². The summed E-state index contributed by atoms with van der Waals surface area (Å²) < 4.78 is 1.24. The number of fused-ring (bicyclic) bond motifs is 1. The van der Waals surface area contributed by atoms with Gasteiger partial charge in [-0.1, -0.05) is 17.4 Å². The third kappa shape index (κ3) is 2.65. The minimum Gasteiger partial charge on any atom is -0.465 e. The Labute approximate surface area is 123 Å². The Kier molecular flexibility index (Phi) is 3.80. The maximum absolute atomic E-state index is 11.0. The molecule has 110 valence electrons. The number of nitro groups is 1. The highest BCUT2D eigenvalue weighted by atomic mass is 32.1. The predicted octanol–water partition coefficient (Wildman–Crippen LogP) is 1.51. The molecule has 0 aliphatic rings. The number of likely N-dealkylation sites (N-methyl/N-ethyl adjacent to an activating group) is 1. The average Bonchev–Trinajstić information content (AvgIpc) is 2.87. The van der Waals surface area contributed by atoms with Crippen LogP contribution in [0.5, 0.6) is 0 Å². The molecule has 0 fully saturated rings. The first-order valence-electron chi connectivity index (χ1n) is 5.82. The van der Waals surface area contributed by atoms with Crippen LogP contribution < -0.4 is 0 Å². The smallest absolute Gasteiger partial charge is 0.407 e. The lowest BCUT2D eigenvalue weighted by Gasteiger charge is -2.22. The van der Waals surface area contributed by atoms with Gasteiger partial charge in [-0.25, -0.2) is 9.48 Å². The molecule has 0 aliphatic carbocycles. The highest BCUT2D eigenvalue weighted by molar-refractivity contribution is 7.80. The summed E-state index contributed by atoms with van der Waals surface area (Å²) in [5.41, 5.74) is 0.682. The van der Waals surface area contributed by atoms with Gasteiger partial charge in [-0.15, -0.1) is 5.10 Å². The van der Waals surface area contributed by atoms with Gasteiger partial charge in [-0.3, -0.25) is 10.1 Å². The third-order valence-corrected chi connectivity index (χ3v) is 3.60. The normalized spacial score (nSPS) is 12.1. The molecule has 1 heterocycles. The van der Waals surface area contributed by atoms with E-state index in [-0.39, 0.29) is 10.7 Å². The molecular formula is C11H11N5O4S. The van der Waals surface area contributed by atoms with Crippen LogP contribution in [0.2, 0.25) is 0 Å². The third-order valence-electron chi connectivity index (χ3n) is 3.09. The molecule has 9 nitrogen and oxygen atoms in total. The summed E-state index contributed by atoms with van der Waals surface area (Å²) in [5.74, 6) is 0. The minimum atomic E-state index is -1.14. The Morgan fingerprint density at radius 2 is 2.24 bits per heavy atom. The number of nitro benzene ring substituents is 1. The van der Waals surface area contributed by atoms with Crippen molar-refractivity contribution in [3.63, 3.8) is 0 Å². The number of aromatic nitrogens is 3. The van der Waals surface area contributed by atoms with E-state index in [9.17, 15) is 14.9 Å². The number of hydrogen-bond acceptors (Lipinski definition) is 6. The lowest BCUT2D eigenvalue weighted by molar-refractivity contribution is -0.384. The van der Waals surface area contributed by atoms with Crippen molar-refractivity contribution in [2.45, 2.75) is 13.0 Å². The number of rotatable bonds is 3. The summed E-state index contributed by atoms with van der Waals surface area (Å²) in [6.45, 7) is 1.60. The Morgan fingerprint density at radius 3 is 2.81 bits per heavy atom. The van der Waals surface area contributed by atoms with Crippen molar-refractivity contribution < 1.29 is 14.8 Å². The first kappa shape index (κ1) is 14.8. The second kappa shape index (κ2) is 5.40. The number of benzene rings is 1. The van der Waals surface area contributed by atoms with E-state index in [1.807, 2.05) is 0 Å². The second-order valence-corrected chi connectivity index (χ2v) is 4.76. The van der Waals surface area contributed by atoms with Gasteiger partial charge in [0.1, 0.15) is 16.0 Å². The number of carbonyl (C=O) groups is 1. The van der Waals surface area contributed by atoms with Crippen molar-refractivity contribution in [3.8, 4) is 0 Å². The summed E-state index contributed by atoms with van der Waals surface area (Å²) in [5, 5.41) is 27.5. The molecule has 21 heavy (non-hydrogen) atoms. The van der Waals surface area contributed by atoms with E-state index >= 15 is 0 Å². The van der Waals surface area contributed by atoms with Gasteiger partial charge >= 0.3 is 6.09 Å². The van der Waals surface area contributed by atoms with Gasteiger partial charge in [0.05, 0.1) is 11.0 Å². The fourth-order valence-corrected chi connectivity index (χ4v) is 1.98. The molecule has 1 aromatic heterocycles. The van der Waals surface area contributed by atoms with Crippen LogP contribution in [-0.4, -0.2) is 54.1 Å². The van der Waals surface area contributed by atoms with Gasteiger partial charge in [0, 0.05) is 19.2 Å². The van der Waals surface area contributed by atoms with Gasteiger partial charge in [0.25, 0.3) is 5.69 Å². The Morgan fingerprint density at radius 1 is 1.57 bits per heavy atom. The van der Waals surface area contributed by atoms with Gasteiger partial charge in [0.15, 0.2) is 0 Å². The van der Waals surface area contributed by atoms with E-state index in [0.29, 0.717) is 11.0 Å². The first-order chi connectivity index (χ1) is 9.82. The maximum Gasteiger partial charge on any atom is 0.407 e. The highest BCUT2D eigenvalue weighted by Gasteiger charge is 2.23. The first-order valence-corrected chi connectivity index (χ1v) is 6.23. The molecule has 0 bridgehead atoms. The average molecular weight is 309 g/mol. The molecule has 1 atom stereocenters. The second-order valence-electron chi connectivity index (χ2n) is 4.34. The number of nitrogens with zero attached hydrogens (tertiary/aromatic N) is 5. The fourth-order valence-electron chi connectivity index (χ4n) is 1.69. The van der Waals surface area contributed by atoms with E-state index in [1.54, 1.807) is 6.92 Å². The summed E-state index contributed by atoms with van der Waals surface area (Å²) in [6.07, 6.45) is -1.14. The van der Waals surface area contributed by atoms with Gasteiger partial charge < -0.3 is 10.0 Å². The lowest BCUT2D eigenvalue weighted by atomic mass is 10.2. The number of carboxylic acid groups (broad SMARTS) is 1. The quantitative estimate of drug-likeness (QED) is 0.519. The summed E-state index contributed by atoms with van der Waals surface area (Å²) in [7, 11) is 1.38. The largest absolute Gasteiger partial charge is 0.465 e. The van der Waals surface area contributed by atoms with Crippen molar-refractivity contribution in [3.05, 3.63) is 28.3 Å². The van der Waals surface area contributed by atoms with E-state index in [4.69, 9.17) is 17.3 Å². The SMILES string of the molecule is CC(C(=S)n1nnc2ccc([N+](=O)[O-])cc21)N(C)C(=O)O. The Balaban J connectivity index is 2.46. The van der Waals surface area contributed by atoms with E-state index in [1.165, 1.54) is 29.9 Å². The molecular weight excluding hydrogens is 298 g/mol. The monoisotopic (exact) mass is 309 g/mol. The Hall–Kier alpha value is -2.62. The molecule has 0 aliphatic heterocycles. The van der Waals surface area contributed by atoms with Crippen LogP contribution in [0.15, 0.2) is 18.2 Å². The van der Waals surface area contributed by atoms with Gasteiger partial charge in [0.2, 0.25) is 0 Å². The van der Waals surface area contributed by atoms with E-state index < -0.39 is 17.1 Å². The van der Waals surface area contributed by atoms with Crippen molar-refractivity contribution in [1.29, 1.82) is 0 Å². The van der Waals surface area contributed by atoms with Gasteiger partial charge in [-0.05, 0) is 13.0 Å². The van der Waals surface area contributed by atoms with Crippen LogP contribution in [-0.2, 0) is 0 Å². The molecule has 0 saturated carbocycles. The predicted molar refractivity (Wildman–Crippen MR) is 77.4 cm³/mol. The molecule has 0 spiro atoms. The zero-order chi connectivity index (χ0) is 15.7. The van der Waals surface area contributed by atoms with Crippen molar-refractivity contribution in [2.24, 2.45) is 0 Å². The molecule has 10 heteroatoms. The van der Waals surface area contributed by atoms with Crippen molar-refractivity contribution in [1.82, 2.24) is 19.9 Å². The zero-order valence-corrected chi connectivity index (χ0v) is 11.9. The highest BCUT2D eigenvalue weighted by Crippen LogP contribution is 2.19. The lowest BCUT2D eigenvalue weighted by Crippen LogP contribution is -2.41.